The van der Waals surface area contributed by atoms with Gasteiger partial charge in [-0.3, -0.25) is 0 Å². The number of aliphatic hydroxyl groups excluding tert-OH is 1. The van der Waals surface area contributed by atoms with Gasteiger partial charge < -0.3 is 10.4 Å². The van der Waals surface area contributed by atoms with E-state index in [2.05, 4.69) is 10.3 Å². The van der Waals surface area contributed by atoms with Gasteiger partial charge in [-0.25, -0.2) is 4.98 Å². The molecular weight excluding hydrogens is 271 g/mol. The van der Waals surface area contributed by atoms with Crippen LogP contribution in [0.5, 0.6) is 0 Å². The van der Waals surface area contributed by atoms with E-state index in [-0.39, 0.29) is 23.8 Å². The molecule has 1 atom stereocenters. The Balaban J connectivity index is 2.72. The predicted octanol–water partition coefficient (Wildman–Crippen LogP) is 2.44. The fourth-order valence-electron chi connectivity index (χ4n) is 1.12. The molecule has 98 valence electrons. The van der Waals surface area contributed by atoms with Crippen molar-refractivity contribution < 1.29 is 18.3 Å². The minimum Gasteiger partial charge on any atom is -0.390 e. The highest BCUT2D eigenvalue weighted by molar-refractivity contribution is 6.32. The number of alkyl halides is 3. The van der Waals surface area contributed by atoms with Crippen molar-refractivity contribution in [1.82, 2.24) is 4.98 Å². The Hall–Kier alpha value is -1.52. The molecule has 0 saturated carbocycles. The molecule has 0 amide bonds. The standard InChI is InChI=1S/C10H9ClF3N3O/c11-8-3-6(10(12,13)14)4-16-9(8)17-5-7(18)1-2-15/h3-4,7,18H,1,5H2,(H,16,17)/t7-/m0/s1. The van der Waals surface area contributed by atoms with Gasteiger partial charge in [0.25, 0.3) is 0 Å². The minimum atomic E-state index is -4.50. The summed E-state index contributed by atoms with van der Waals surface area (Å²) in [6, 6.07) is 2.50. The molecule has 1 rings (SSSR count). The van der Waals surface area contributed by atoms with Crippen molar-refractivity contribution in [3.8, 4) is 6.07 Å². The number of nitrogens with one attached hydrogen (secondary N) is 1. The monoisotopic (exact) mass is 279 g/mol. The number of nitrogens with zero attached hydrogens (tertiary/aromatic N) is 2. The molecule has 0 aromatic carbocycles. The number of aliphatic hydroxyl groups is 1. The topological polar surface area (TPSA) is 68.9 Å². The summed E-state index contributed by atoms with van der Waals surface area (Å²) in [7, 11) is 0. The summed E-state index contributed by atoms with van der Waals surface area (Å²) in [5.41, 5.74) is -0.948. The predicted molar refractivity (Wildman–Crippen MR) is 59.0 cm³/mol. The Morgan fingerprint density at radius 3 is 2.72 bits per heavy atom. The Labute approximate surface area is 106 Å². The summed E-state index contributed by atoms with van der Waals surface area (Å²) >= 11 is 5.62. The highest BCUT2D eigenvalue weighted by Crippen LogP contribution is 2.32. The van der Waals surface area contributed by atoms with Gasteiger partial charge in [0.2, 0.25) is 0 Å². The highest BCUT2D eigenvalue weighted by Gasteiger charge is 2.31. The normalized spacial score (nSPS) is 12.9. The van der Waals surface area contributed by atoms with E-state index in [4.69, 9.17) is 16.9 Å². The molecule has 0 unspecified atom stereocenters. The van der Waals surface area contributed by atoms with Crippen LogP contribution in [-0.4, -0.2) is 22.7 Å². The maximum absolute atomic E-state index is 12.3. The average molecular weight is 280 g/mol. The fourth-order valence-corrected chi connectivity index (χ4v) is 1.35. The minimum absolute atomic E-state index is 0.0222. The molecule has 4 nitrogen and oxygen atoms in total. The lowest BCUT2D eigenvalue weighted by Gasteiger charge is -2.12. The lowest BCUT2D eigenvalue weighted by molar-refractivity contribution is -0.137. The number of nitriles is 1. The summed E-state index contributed by atoms with van der Waals surface area (Å²) < 4.78 is 37.0. The van der Waals surface area contributed by atoms with Crippen LogP contribution in [0, 0.1) is 11.3 Å². The van der Waals surface area contributed by atoms with Crippen molar-refractivity contribution in [1.29, 1.82) is 5.26 Å². The second-order valence-corrected chi connectivity index (χ2v) is 3.86. The van der Waals surface area contributed by atoms with Gasteiger partial charge in [-0.05, 0) is 6.07 Å². The fraction of sp³-hybridized carbons (Fsp3) is 0.400. The Morgan fingerprint density at radius 2 is 2.22 bits per heavy atom. The van der Waals surface area contributed by atoms with E-state index >= 15 is 0 Å². The third kappa shape index (κ3) is 4.05. The number of rotatable bonds is 4. The lowest BCUT2D eigenvalue weighted by atomic mass is 10.2. The van der Waals surface area contributed by atoms with Crippen molar-refractivity contribution >= 4 is 17.4 Å². The number of halogens is 4. The SMILES string of the molecule is N#CC[C@H](O)CNc1ncc(C(F)(F)F)cc1Cl. The Kier molecular flexibility index (Phi) is 4.76. The van der Waals surface area contributed by atoms with E-state index in [0.717, 1.165) is 6.07 Å². The molecule has 18 heavy (non-hydrogen) atoms. The zero-order valence-corrected chi connectivity index (χ0v) is 9.76. The summed E-state index contributed by atoms with van der Waals surface area (Å²) in [5.74, 6) is 0.0293. The maximum atomic E-state index is 12.3. The molecule has 0 fully saturated rings. The van der Waals surface area contributed by atoms with Crippen LogP contribution in [0.4, 0.5) is 19.0 Å². The van der Waals surface area contributed by atoms with E-state index in [1.807, 2.05) is 0 Å². The molecule has 1 aromatic heterocycles. The van der Waals surface area contributed by atoms with Crippen molar-refractivity contribution in [2.24, 2.45) is 0 Å². The molecule has 0 aliphatic carbocycles. The van der Waals surface area contributed by atoms with Crippen LogP contribution < -0.4 is 5.32 Å². The first-order valence-corrected chi connectivity index (χ1v) is 5.24. The summed E-state index contributed by atoms with van der Waals surface area (Å²) in [6.45, 7) is -0.0222. The Bertz CT molecular complexity index is 459. The average Bonchev–Trinajstić information content (AvgIpc) is 2.26. The third-order valence-corrected chi connectivity index (χ3v) is 2.29. The van der Waals surface area contributed by atoms with Gasteiger partial charge >= 0.3 is 6.18 Å². The van der Waals surface area contributed by atoms with E-state index in [1.54, 1.807) is 6.07 Å². The van der Waals surface area contributed by atoms with Crippen LogP contribution in [0.1, 0.15) is 12.0 Å². The maximum Gasteiger partial charge on any atom is 0.417 e. The molecule has 0 radical (unpaired) electrons. The first-order chi connectivity index (χ1) is 8.34. The lowest BCUT2D eigenvalue weighted by Crippen LogP contribution is -2.19. The zero-order valence-electron chi connectivity index (χ0n) is 9.00. The molecule has 0 bridgehead atoms. The highest BCUT2D eigenvalue weighted by atomic mass is 35.5. The largest absolute Gasteiger partial charge is 0.417 e. The van der Waals surface area contributed by atoms with Gasteiger partial charge in [0.1, 0.15) is 5.82 Å². The van der Waals surface area contributed by atoms with Crippen LogP contribution in [0.15, 0.2) is 12.3 Å². The molecular formula is C10H9ClF3N3O. The Morgan fingerprint density at radius 1 is 1.56 bits per heavy atom. The number of anilines is 1. The molecule has 2 N–H and O–H groups in total. The number of aromatic nitrogens is 1. The van der Waals surface area contributed by atoms with E-state index in [1.165, 1.54) is 0 Å². The van der Waals surface area contributed by atoms with Crippen molar-refractivity contribution in [3.05, 3.63) is 22.8 Å². The third-order valence-electron chi connectivity index (χ3n) is 2.00. The van der Waals surface area contributed by atoms with Gasteiger partial charge in [0.15, 0.2) is 0 Å². The number of hydrogen-bond acceptors (Lipinski definition) is 4. The molecule has 8 heteroatoms. The van der Waals surface area contributed by atoms with Gasteiger partial charge in [0.05, 0.1) is 29.2 Å². The molecule has 0 saturated heterocycles. The molecule has 0 spiro atoms. The van der Waals surface area contributed by atoms with Crippen LogP contribution in [0.3, 0.4) is 0 Å². The van der Waals surface area contributed by atoms with Crippen LogP contribution >= 0.6 is 11.6 Å². The molecule has 1 aromatic rings. The molecule has 0 aliphatic heterocycles. The molecule has 1 heterocycles. The second-order valence-electron chi connectivity index (χ2n) is 3.45. The van der Waals surface area contributed by atoms with Crippen molar-refractivity contribution in [2.45, 2.75) is 18.7 Å². The van der Waals surface area contributed by atoms with E-state index < -0.39 is 17.8 Å². The number of pyridine rings is 1. The second kappa shape index (κ2) is 5.89. The summed E-state index contributed by atoms with van der Waals surface area (Å²) in [5, 5.41) is 19.9. The van der Waals surface area contributed by atoms with Crippen LogP contribution in [0.2, 0.25) is 5.02 Å². The van der Waals surface area contributed by atoms with Crippen molar-refractivity contribution in [3.63, 3.8) is 0 Å². The van der Waals surface area contributed by atoms with E-state index in [0.29, 0.717) is 6.20 Å². The first kappa shape index (κ1) is 14.5. The van der Waals surface area contributed by atoms with Crippen LogP contribution in [0.25, 0.3) is 0 Å². The summed E-state index contributed by atoms with van der Waals surface area (Å²) in [6.07, 6.45) is -4.89. The zero-order chi connectivity index (χ0) is 13.8. The van der Waals surface area contributed by atoms with Crippen LogP contribution in [-0.2, 0) is 6.18 Å². The van der Waals surface area contributed by atoms with Gasteiger partial charge in [0, 0.05) is 12.7 Å². The quantitative estimate of drug-likeness (QED) is 0.888. The van der Waals surface area contributed by atoms with Gasteiger partial charge in [-0.15, -0.1) is 0 Å². The first-order valence-electron chi connectivity index (χ1n) is 4.86. The van der Waals surface area contributed by atoms with E-state index in [9.17, 15) is 18.3 Å². The smallest absolute Gasteiger partial charge is 0.390 e. The van der Waals surface area contributed by atoms with Gasteiger partial charge in [-0.1, -0.05) is 11.6 Å². The van der Waals surface area contributed by atoms with Gasteiger partial charge in [-0.2, -0.15) is 18.4 Å². The molecule has 0 aliphatic rings. The summed E-state index contributed by atoms with van der Waals surface area (Å²) in [4.78, 5) is 3.52. The number of hydrogen-bond donors (Lipinski definition) is 2. The van der Waals surface area contributed by atoms with Crippen molar-refractivity contribution in [2.75, 3.05) is 11.9 Å².